The second-order valence-corrected chi connectivity index (χ2v) is 11.4. The molecule has 24 heavy (non-hydrogen) atoms. The van der Waals surface area contributed by atoms with Gasteiger partial charge in [0.05, 0.1) is 0 Å². The molecule has 0 aliphatic heterocycles. The first-order valence-electron chi connectivity index (χ1n) is 8.79. The van der Waals surface area contributed by atoms with Crippen LogP contribution in [0.25, 0.3) is 0 Å². The van der Waals surface area contributed by atoms with Crippen LogP contribution in [0.5, 0.6) is 5.75 Å². The number of halogens is 2. The molecule has 0 spiro atoms. The Bertz CT molecular complexity index is 592. The Kier molecular flexibility index (Phi) is 6.49. The molecule has 1 aromatic carbocycles. The predicted octanol–water partition coefficient (Wildman–Crippen LogP) is 5.67. The molecule has 0 unspecified atom stereocenters. The molecule has 5 heteroatoms. The van der Waals surface area contributed by atoms with Crippen LogP contribution in [0.4, 0.5) is 0 Å². The number of benzene rings is 1. The second-order valence-electron chi connectivity index (χ2n) is 7.71. The van der Waals surface area contributed by atoms with Gasteiger partial charge < -0.3 is 5.11 Å². The van der Waals surface area contributed by atoms with Crippen LogP contribution < -0.4 is 0 Å². The Morgan fingerprint density at radius 3 is 2.12 bits per heavy atom. The predicted molar refractivity (Wildman–Crippen MR) is 97.9 cm³/mol. The van der Waals surface area contributed by atoms with Crippen molar-refractivity contribution in [2.24, 2.45) is 28.7 Å². The van der Waals surface area contributed by atoms with Crippen molar-refractivity contribution in [1.29, 1.82) is 0 Å². The van der Waals surface area contributed by atoms with Crippen LogP contribution >= 0.6 is 17.0 Å². The molecule has 4 saturated carbocycles. The molecule has 130 valence electrons. The van der Waals surface area contributed by atoms with Gasteiger partial charge in [0.15, 0.2) is 0 Å². The van der Waals surface area contributed by atoms with Crippen molar-refractivity contribution in [3.05, 3.63) is 28.8 Å². The maximum atomic E-state index is 10.7. The van der Waals surface area contributed by atoms with E-state index in [2.05, 4.69) is 18.0 Å². The van der Waals surface area contributed by atoms with E-state index in [0.717, 1.165) is 29.2 Å². The van der Waals surface area contributed by atoms with E-state index in [1.54, 1.807) is 13.3 Å². The minimum absolute atomic E-state index is 0.490. The molecule has 2 nitrogen and oxygen atoms in total. The van der Waals surface area contributed by atoms with E-state index in [0.29, 0.717) is 11.7 Å². The molecule has 0 atom stereocenters. The number of hydrogen-bond acceptors (Lipinski definition) is 2. The fourth-order valence-electron chi connectivity index (χ4n) is 5.76. The van der Waals surface area contributed by atoms with Crippen molar-refractivity contribution in [3.63, 3.8) is 0 Å². The van der Waals surface area contributed by atoms with Crippen molar-refractivity contribution >= 4 is 23.2 Å². The van der Waals surface area contributed by atoms with Crippen molar-refractivity contribution in [3.8, 4) is 5.75 Å². The van der Waals surface area contributed by atoms with Gasteiger partial charge in [-0.15, -0.1) is 0 Å². The molecular formula is C19H25Cl2NOZr. The third kappa shape index (κ3) is 3.79. The SMILES string of the molecule is CN=Cc1cc(C)cc(C2C3CC4CC(C3)CC2C4)c1O.[Cl][Zr][Cl]. The normalized spacial score (nSPS) is 33.4. The standard InChI is InChI=1S/C19H25NO.2ClH.Zr/c1-11-3-16(10-20-2)19(21)17(4-11)18-14-6-12-5-13(8-14)9-15(18)7-12;;;/h3-4,10,12-15,18,21H,5-9H2,1-2H3;2*1H;/q;;;+2/p-2. The first-order valence-corrected chi connectivity index (χ1v) is 15.1. The van der Waals surface area contributed by atoms with E-state index < -0.39 is 20.8 Å². The van der Waals surface area contributed by atoms with Gasteiger partial charge >= 0.3 is 37.9 Å². The number of nitrogens with zero attached hydrogens (tertiary/aromatic N) is 1. The quantitative estimate of drug-likeness (QED) is 0.585. The Morgan fingerprint density at radius 2 is 1.62 bits per heavy atom. The van der Waals surface area contributed by atoms with E-state index in [1.165, 1.54) is 43.2 Å². The van der Waals surface area contributed by atoms with Crippen LogP contribution in [-0.2, 0) is 20.8 Å². The Hall–Kier alpha value is 0.153. The summed E-state index contributed by atoms with van der Waals surface area (Å²) in [7, 11) is 11.6. The van der Waals surface area contributed by atoms with E-state index in [-0.39, 0.29) is 0 Å². The van der Waals surface area contributed by atoms with Gasteiger partial charge in [0, 0.05) is 18.8 Å². The summed E-state index contributed by atoms with van der Waals surface area (Å²) < 4.78 is 0. The van der Waals surface area contributed by atoms with Gasteiger partial charge in [0.2, 0.25) is 0 Å². The summed E-state index contributed by atoms with van der Waals surface area (Å²) in [5.74, 6) is 4.64. The molecule has 0 aromatic heterocycles. The second kappa shape index (κ2) is 8.23. The molecule has 4 bridgehead atoms. The van der Waals surface area contributed by atoms with Gasteiger partial charge in [-0.3, -0.25) is 4.99 Å². The van der Waals surface area contributed by atoms with Crippen LogP contribution in [0, 0.1) is 30.6 Å². The average molecular weight is 446 g/mol. The Morgan fingerprint density at radius 1 is 1.08 bits per heavy atom. The van der Waals surface area contributed by atoms with Crippen LogP contribution in [0.1, 0.15) is 54.7 Å². The number of aromatic hydroxyl groups is 1. The fraction of sp³-hybridized carbons (Fsp3) is 0.632. The van der Waals surface area contributed by atoms with Crippen LogP contribution in [0.15, 0.2) is 17.1 Å². The average Bonchev–Trinajstić information content (AvgIpc) is 2.51. The number of rotatable bonds is 2. The number of aryl methyl sites for hydroxylation is 1. The zero-order valence-corrected chi connectivity index (χ0v) is 18.3. The minimum atomic E-state index is -0.826. The summed E-state index contributed by atoms with van der Waals surface area (Å²) in [5, 5.41) is 10.7. The summed E-state index contributed by atoms with van der Waals surface area (Å²) in [6.45, 7) is 2.13. The third-order valence-electron chi connectivity index (χ3n) is 6.17. The van der Waals surface area contributed by atoms with E-state index in [1.807, 2.05) is 6.07 Å². The molecule has 0 radical (unpaired) electrons. The maximum absolute atomic E-state index is 10.7. The number of aliphatic imine (C=N–C) groups is 1. The van der Waals surface area contributed by atoms with E-state index >= 15 is 0 Å². The molecular weight excluding hydrogens is 420 g/mol. The van der Waals surface area contributed by atoms with Gasteiger partial charge in [-0.2, -0.15) is 0 Å². The molecule has 0 amide bonds. The van der Waals surface area contributed by atoms with Crippen molar-refractivity contribution in [1.82, 2.24) is 0 Å². The summed E-state index contributed by atoms with van der Waals surface area (Å²) in [6.07, 6.45) is 8.84. The van der Waals surface area contributed by atoms with Crippen molar-refractivity contribution in [2.45, 2.75) is 44.9 Å². The van der Waals surface area contributed by atoms with Crippen LogP contribution in [0.2, 0.25) is 0 Å². The van der Waals surface area contributed by atoms with Crippen molar-refractivity contribution < 1.29 is 26.0 Å². The third-order valence-corrected chi connectivity index (χ3v) is 6.17. The number of phenols is 1. The fourth-order valence-corrected chi connectivity index (χ4v) is 5.76. The summed E-state index contributed by atoms with van der Waals surface area (Å²) >= 11 is -0.826. The summed E-state index contributed by atoms with van der Waals surface area (Å²) in [5.41, 5.74) is 3.34. The van der Waals surface area contributed by atoms with Crippen molar-refractivity contribution in [2.75, 3.05) is 7.05 Å². The van der Waals surface area contributed by atoms with Gasteiger partial charge in [-0.1, -0.05) is 6.07 Å². The summed E-state index contributed by atoms with van der Waals surface area (Å²) in [6, 6.07) is 4.27. The topological polar surface area (TPSA) is 32.6 Å². The zero-order chi connectivity index (χ0) is 17.3. The zero-order valence-electron chi connectivity index (χ0n) is 14.3. The van der Waals surface area contributed by atoms with E-state index in [9.17, 15) is 5.11 Å². The molecule has 4 fully saturated rings. The summed E-state index contributed by atoms with van der Waals surface area (Å²) in [4.78, 5) is 4.10. The Labute approximate surface area is 163 Å². The molecule has 4 aliphatic rings. The number of hydrogen-bond donors (Lipinski definition) is 1. The molecule has 0 heterocycles. The Balaban J connectivity index is 0.000000526. The monoisotopic (exact) mass is 443 g/mol. The molecule has 0 saturated heterocycles. The molecule has 4 aliphatic carbocycles. The molecule has 5 rings (SSSR count). The van der Waals surface area contributed by atoms with Gasteiger partial charge in [-0.05, 0) is 85.8 Å². The van der Waals surface area contributed by atoms with Crippen LogP contribution in [-0.4, -0.2) is 18.4 Å². The van der Waals surface area contributed by atoms with Gasteiger partial charge in [-0.25, -0.2) is 0 Å². The van der Waals surface area contributed by atoms with Crippen LogP contribution in [0.3, 0.4) is 0 Å². The number of phenolic OH excluding ortho intramolecular Hbond substituents is 1. The van der Waals surface area contributed by atoms with Gasteiger partial charge in [0.25, 0.3) is 0 Å². The first-order chi connectivity index (χ1) is 11.6. The molecule has 1 aromatic rings. The van der Waals surface area contributed by atoms with Gasteiger partial charge in [0.1, 0.15) is 5.75 Å². The first kappa shape index (κ1) is 18.9. The van der Waals surface area contributed by atoms with E-state index in [4.69, 9.17) is 17.0 Å². The molecule has 1 N–H and O–H groups in total.